The van der Waals surface area contributed by atoms with Crippen molar-refractivity contribution in [2.75, 3.05) is 6.26 Å². The van der Waals surface area contributed by atoms with Crippen LogP contribution in [0.25, 0.3) is 0 Å². The van der Waals surface area contributed by atoms with Gasteiger partial charge in [0.05, 0.1) is 0 Å². The summed E-state index contributed by atoms with van der Waals surface area (Å²) in [6.45, 7) is 2.70. The lowest BCUT2D eigenvalue weighted by molar-refractivity contribution is 0.691. The molecule has 1 aromatic rings. The number of nitrogens with one attached hydrogen (secondary N) is 1. The van der Waals surface area contributed by atoms with Crippen molar-refractivity contribution in [1.82, 2.24) is 5.32 Å². The van der Waals surface area contributed by atoms with Crippen LogP contribution in [0, 0.1) is 0 Å². The zero-order chi connectivity index (χ0) is 10.4. The van der Waals surface area contributed by atoms with Gasteiger partial charge in [-0.1, -0.05) is 30.3 Å². The Kier molecular flexibility index (Phi) is 4.40. The normalized spacial score (nSPS) is 13.7. The van der Waals surface area contributed by atoms with Crippen molar-refractivity contribution < 1.29 is 4.21 Å². The van der Waals surface area contributed by atoms with Crippen LogP contribution in [-0.2, 0) is 17.3 Å². The highest BCUT2D eigenvalue weighted by Crippen LogP contribution is 1.99. The van der Waals surface area contributed by atoms with Crippen LogP contribution in [0.5, 0.6) is 0 Å². The minimum Gasteiger partial charge on any atom is -0.384 e. The molecule has 0 radical (unpaired) electrons. The largest absolute Gasteiger partial charge is 0.384 e. The van der Waals surface area contributed by atoms with Gasteiger partial charge in [0, 0.05) is 34.7 Å². The lowest BCUT2D eigenvalue weighted by Crippen LogP contribution is -2.10. The molecule has 0 heterocycles. The maximum atomic E-state index is 10.9. The first-order chi connectivity index (χ1) is 6.68. The Balaban J connectivity index is 2.45. The van der Waals surface area contributed by atoms with E-state index in [1.165, 1.54) is 5.56 Å². The van der Waals surface area contributed by atoms with Crippen molar-refractivity contribution in [3.8, 4) is 0 Å². The average molecular weight is 209 g/mol. The molecule has 2 nitrogen and oxygen atoms in total. The van der Waals surface area contributed by atoms with Crippen LogP contribution < -0.4 is 5.32 Å². The van der Waals surface area contributed by atoms with E-state index in [9.17, 15) is 4.21 Å². The van der Waals surface area contributed by atoms with E-state index in [0.717, 1.165) is 12.2 Å². The Bertz CT molecular complexity index is 332. The molecule has 1 N–H and O–H groups in total. The fourth-order valence-electron chi connectivity index (χ4n) is 1.13. The second-order valence-electron chi connectivity index (χ2n) is 3.14. The quantitative estimate of drug-likeness (QED) is 0.822. The molecule has 0 fully saturated rings. The zero-order valence-corrected chi connectivity index (χ0v) is 9.30. The molecule has 14 heavy (non-hydrogen) atoms. The van der Waals surface area contributed by atoms with Gasteiger partial charge in [0.1, 0.15) is 0 Å². The predicted molar refractivity (Wildman–Crippen MR) is 61.1 cm³/mol. The molecule has 1 atom stereocenters. The number of hydrogen-bond acceptors (Lipinski definition) is 2. The van der Waals surface area contributed by atoms with Crippen LogP contribution in [-0.4, -0.2) is 10.5 Å². The van der Waals surface area contributed by atoms with Crippen molar-refractivity contribution >= 4 is 10.8 Å². The Morgan fingerprint density at radius 2 is 2.07 bits per heavy atom. The van der Waals surface area contributed by atoms with Gasteiger partial charge >= 0.3 is 0 Å². The Morgan fingerprint density at radius 3 is 2.64 bits per heavy atom. The summed E-state index contributed by atoms with van der Waals surface area (Å²) in [6.07, 6.45) is 1.66. The Labute approximate surface area is 87.5 Å². The van der Waals surface area contributed by atoms with Gasteiger partial charge in [0.15, 0.2) is 0 Å². The molecule has 0 saturated heterocycles. The number of rotatable bonds is 4. The van der Waals surface area contributed by atoms with Crippen LogP contribution in [0.15, 0.2) is 41.4 Å². The second-order valence-corrected chi connectivity index (χ2v) is 4.37. The van der Waals surface area contributed by atoms with Gasteiger partial charge in [-0.05, 0) is 12.5 Å². The zero-order valence-electron chi connectivity index (χ0n) is 8.49. The minimum atomic E-state index is -0.878. The topological polar surface area (TPSA) is 29.1 Å². The molecule has 0 bridgehead atoms. The van der Waals surface area contributed by atoms with Crippen molar-refractivity contribution in [3.05, 3.63) is 47.0 Å². The summed E-state index contributed by atoms with van der Waals surface area (Å²) in [5.74, 6) is 0. The Morgan fingerprint density at radius 1 is 1.43 bits per heavy atom. The van der Waals surface area contributed by atoms with E-state index in [1.54, 1.807) is 11.7 Å². The number of benzene rings is 1. The fourth-order valence-corrected chi connectivity index (χ4v) is 1.71. The average Bonchev–Trinajstić information content (AvgIpc) is 2.15. The number of allylic oxidation sites excluding steroid dienone is 1. The monoisotopic (exact) mass is 209 g/mol. The molecule has 0 amide bonds. The minimum absolute atomic E-state index is 0.778. The van der Waals surface area contributed by atoms with E-state index in [0.29, 0.717) is 0 Å². The van der Waals surface area contributed by atoms with E-state index in [-0.39, 0.29) is 0 Å². The third kappa shape index (κ3) is 4.23. The summed E-state index contributed by atoms with van der Waals surface area (Å²) in [5, 5.41) is 4.91. The molecule has 0 aromatic heterocycles. The summed E-state index contributed by atoms with van der Waals surface area (Å²) in [6, 6.07) is 10.1. The molecule has 0 aliphatic carbocycles. The molecule has 1 aromatic carbocycles. The van der Waals surface area contributed by atoms with Crippen molar-refractivity contribution in [2.45, 2.75) is 13.5 Å². The van der Waals surface area contributed by atoms with Crippen molar-refractivity contribution in [3.63, 3.8) is 0 Å². The van der Waals surface area contributed by atoms with E-state index < -0.39 is 10.8 Å². The molecule has 0 aliphatic heterocycles. The van der Waals surface area contributed by atoms with Gasteiger partial charge in [0.2, 0.25) is 0 Å². The summed E-state index contributed by atoms with van der Waals surface area (Å²) in [5.41, 5.74) is 2.18. The summed E-state index contributed by atoms with van der Waals surface area (Å²) < 4.78 is 10.9. The van der Waals surface area contributed by atoms with Gasteiger partial charge < -0.3 is 5.32 Å². The second kappa shape index (κ2) is 5.60. The smallest absolute Gasteiger partial charge is 0.0441 e. The third-order valence-corrected chi connectivity index (χ3v) is 2.44. The Hall–Kier alpha value is -1.09. The third-order valence-electron chi connectivity index (χ3n) is 1.76. The predicted octanol–water partition coefficient (Wildman–Crippen LogP) is 2.02. The lowest BCUT2D eigenvalue weighted by atomic mass is 10.2. The lowest BCUT2D eigenvalue weighted by Gasteiger charge is -2.05. The van der Waals surface area contributed by atoms with Crippen LogP contribution in [0.2, 0.25) is 0 Å². The molecule has 0 saturated carbocycles. The van der Waals surface area contributed by atoms with Crippen molar-refractivity contribution in [2.24, 2.45) is 0 Å². The highest BCUT2D eigenvalue weighted by atomic mass is 32.2. The fraction of sp³-hybridized carbons (Fsp3) is 0.273. The first-order valence-corrected chi connectivity index (χ1v) is 6.09. The molecular weight excluding hydrogens is 194 g/mol. The molecule has 1 rings (SSSR count). The first-order valence-electron chi connectivity index (χ1n) is 4.47. The van der Waals surface area contributed by atoms with Crippen LogP contribution in [0.1, 0.15) is 12.5 Å². The van der Waals surface area contributed by atoms with Crippen LogP contribution in [0.4, 0.5) is 0 Å². The summed E-state index contributed by atoms with van der Waals surface area (Å²) in [4.78, 5) is 0. The number of hydrogen-bond donors (Lipinski definition) is 1. The molecule has 76 valence electrons. The highest BCUT2D eigenvalue weighted by Gasteiger charge is 1.92. The van der Waals surface area contributed by atoms with Crippen LogP contribution >= 0.6 is 0 Å². The molecular formula is C11H15NOS. The SMILES string of the molecule is C/C(=C\S(C)=O)NCc1ccccc1. The maximum absolute atomic E-state index is 10.9. The van der Waals surface area contributed by atoms with Gasteiger partial charge in [-0.3, -0.25) is 4.21 Å². The van der Waals surface area contributed by atoms with Crippen molar-refractivity contribution in [1.29, 1.82) is 0 Å². The van der Waals surface area contributed by atoms with Crippen LogP contribution in [0.3, 0.4) is 0 Å². The summed E-state index contributed by atoms with van der Waals surface area (Å²) in [7, 11) is -0.878. The molecule has 3 heteroatoms. The standard InChI is InChI=1S/C11H15NOS/c1-10(9-14(2)13)12-8-11-6-4-3-5-7-11/h3-7,9,12H,8H2,1-2H3/b10-9+. The van der Waals surface area contributed by atoms with E-state index in [1.807, 2.05) is 25.1 Å². The van der Waals surface area contributed by atoms with E-state index >= 15 is 0 Å². The van der Waals surface area contributed by atoms with Gasteiger partial charge in [-0.15, -0.1) is 0 Å². The molecule has 0 aliphatic rings. The summed E-state index contributed by atoms with van der Waals surface area (Å²) >= 11 is 0. The van der Waals surface area contributed by atoms with Gasteiger partial charge in [0.25, 0.3) is 0 Å². The van der Waals surface area contributed by atoms with Gasteiger partial charge in [-0.2, -0.15) is 0 Å². The van der Waals surface area contributed by atoms with E-state index in [4.69, 9.17) is 0 Å². The maximum Gasteiger partial charge on any atom is 0.0441 e. The first kappa shape index (κ1) is 11.0. The van der Waals surface area contributed by atoms with Gasteiger partial charge in [-0.25, -0.2) is 0 Å². The highest BCUT2D eigenvalue weighted by molar-refractivity contribution is 7.87. The molecule has 1 unspecified atom stereocenters. The molecule has 0 spiro atoms. The van der Waals surface area contributed by atoms with E-state index in [2.05, 4.69) is 17.4 Å².